The van der Waals surface area contributed by atoms with Gasteiger partial charge in [0.15, 0.2) is 0 Å². The number of benzene rings is 4. The van der Waals surface area contributed by atoms with Gasteiger partial charge in [0.1, 0.15) is 4.90 Å². The minimum Gasteiger partial charge on any atom is -0.380 e. The van der Waals surface area contributed by atoms with Crippen LogP contribution in [0.4, 0.5) is 24.5 Å². The molecule has 1 spiro atoms. The molecule has 4 aromatic rings. The zero-order valence-corrected chi connectivity index (χ0v) is 39.5. The highest BCUT2D eigenvalue weighted by Crippen LogP contribution is 2.47. The lowest BCUT2D eigenvalue weighted by molar-refractivity contribution is -0.118. The molecule has 0 unspecified atom stereocenters. The zero-order chi connectivity index (χ0) is 46.5. The Balaban J connectivity index is 0.926. The number of nitrogens with zero attached hydrogens (tertiary/aromatic N) is 3. The maximum absolute atomic E-state index is 14.2. The number of sulfone groups is 1. The highest BCUT2D eigenvalue weighted by atomic mass is 35.5. The van der Waals surface area contributed by atoms with Crippen molar-refractivity contribution in [3.05, 3.63) is 119 Å². The Bertz CT molecular complexity index is 2590. The number of carbonyl (C=O) groups is 1. The van der Waals surface area contributed by atoms with Crippen LogP contribution >= 0.6 is 23.4 Å². The van der Waals surface area contributed by atoms with Crippen LogP contribution in [-0.2, 0) is 29.3 Å². The van der Waals surface area contributed by atoms with E-state index in [0.717, 1.165) is 87.9 Å². The first-order valence-electron chi connectivity index (χ1n) is 22.0. The number of hydrogen-bond acceptors (Lipinski definition) is 12. The van der Waals surface area contributed by atoms with Crippen LogP contribution in [0.25, 0.3) is 5.57 Å². The molecule has 2 N–H and O–H groups in total. The lowest BCUT2D eigenvalue weighted by atomic mass is 9.69. The molecule has 3 aliphatic heterocycles. The quantitative estimate of drug-likeness (QED) is 0.106. The molecule has 0 aromatic heterocycles. The minimum atomic E-state index is -6.06. The lowest BCUT2D eigenvalue weighted by Crippen LogP contribution is -2.49. The van der Waals surface area contributed by atoms with E-state index in [-0.39, 0.29) is 11.0 Å². The van der Waals surface area contributed by atoms with Crippen molar-refractivity contribution in [2.75, 3.05) is 94.8 Å². The Kier molecular flexibility index (Phi) is 15.1. The smallest absolute Gasteiger partial charge is 0.380 e. The van der Waals surface area contributed by atoms with E-state index < -0.39 is 52.8 Å². The molecule has 12 nitrogen and oxygen atoms in total. The van der Waals surface area contributed by atoms with Crippen molar-refractivity contribution in [2.24, 2.45) is 5.41 Å². The van der Waals surface area contributed by atoms with Gasteiger partial charge in [-0.15, -0.1) is 11.8 Å². The van der Waals surface area contributed by atoms with Gasteiger partial charge in [0, 0.05) is 90.7 Å². The predicted octanol–water partition coefficient (Wildman–Crippen LogP) is 7.82. The van der Waals surface area contributed by atoms with E-state index >= 15 is 0 Å². The summed E-state index contributed by atoms with van der Waals surface area (Å²) < 4.78 is 109. The van der Waals surface area contributed by atoms with Gasteiger partial charge in [-0.05, 0) is 104 Å². The van der Waals surface area contributed by atoms with Crippen LogP contribution in [-0.4, -0.2) is 129 Å². The Morgan fingerprint density at radius 3 is 2.18 bits per heavy atom. The number of sulfonamides is 1. The second-order valence-corrected chi connectivity index (χ2v) is 22.4. The Hall–Kier alpha value is -4.14. The molecule has 1 aliphatic carbocycles. The highest BCUT2D eigenvalue weighted by Gasteiger charge is 2.49. The van der Waals surface area contributed by atoms with E-state index in [1.807, 2.05) is 47.2 Å². The number of piperazine rings is 1. The van der Waals surface area contributed by atoms with Crippen LogP contribution in [0, 0.1) is 5.41 Å². The maximum Gasteiger partial charge on any atom is 0.501 e. The number of thioether (sulfide) groups is 1. The molecule has 1 amide bonds. The summed E-state index contributed by atoms with van der Waals surface area (Å²) >= 11 is 7.65. The minimum absolute atomic E-state index is 0.00530. The average molecular weight is 989 g/mol. The van der Waals surface area contributed by atoms with Gasteiger partial charge < -0.3 is 19.7 Å². The molecule has 0 bridgehead atoms. The molecular formula is C47H53ClF3N5O7S3. The van der Waals surface area contributed by atoms with Crippen molar-refractivity contribution in [1.29, 1.82) is 0 Å². The number of nitrogens with one attached hydrogen (secondary N) is 2. The SMILES string of the molecule is O=C(NS(=O)(=O)c1ccc(N[C@H](CCN2CCOCC2)CSc2ccccc2)c(S(=O)(=O)C(F)(F)F)c1)c1ccc(N2CCN(CC3=C(c4ccc(Cl)cc4)CCC4(COC4)C3)CC2)cc1. The zero-order valence-electron chi connectivity index (χ0n) is 36.3. The van der Waals surface area contributed by atoms with E-state index in [4.69, 9.17) is 21.1 Å². The van der Waals surface area contributed by atoms with Crippen LogP contribution in [0.3, 0.4) is 0 Å². The molecule has 3 fully saturated rings. The molecule has 354 valence electrons. The number of hydrogen-bond donors (Lipinski definition) is 2. The summed E-state index contributed by atoms with van der Waals surface area (Å²) in [5.41, 5.74) is -1.06. The standard InChI is InChI=1S/C47H53ClF3N5O7S3/c48-37-10-6-34(7-11-37)42-16-18-46(32-63-33-46)29-36(42)30-55-20-22-56(23-21-55)39-12-8-35(9-13-39)45(57)53-66(60,61)41-14-15-43(44(28-41)65(58,59)47(49,50)51)52-38(17-19-54-24-26-62-27-25-54)31-64-40-4-2-1-3-5-40/h1-15,28,38,52H,16-27,29-33H2,(H,53,57)/t38-/m1/s1. The van der Waals surface area contributed by atoms with E-state index in [2.05, 4.69) is 32.1 Å². The van der Waals surface area contributed by atoms with Crippen LogP contribution < -0.4 is 14.9 Å². The highest BCUT2D eigenvalue weighted by molar-refractivity contribution is 7.99. The van der Waals surface area contributed by atoms with Crippen LogP contribution in [0.5, 0.6) is 0 Å². The normalized spacial score (nSPS) is 19.1. The molecule has 66 heavy (non-hydrogen) atoms. The molecule has 8 rings (SSSR count). The summed E-state index contributed by atoms with van der Waals surface area (Å²) in [6.07, 6.45) is 3.55. The number of halogens is 4. The van der Waals surface area contributed by atoms with Crippen molar-refractivity contribution in [3.63, 3.8) is 0 Å². The van der Waals surface area contributed by atoms with Crippen molar-refractivity contribution in [2.45, 2.75) is 51.9 Å². The summed E-state index contributed by atoms with van der Waals surface area (Å²) in [6.45, 7) is 8.53. The van der Waals surface area contributed by atoms with Crippen LogP contribution in [0.1, 0.15) is 41.6 Å². The Morgan fingerprint density at radius 2 is 1.53 bits per heavy atom. The molecule has 4 aromatic carbocycles. The maximum atomic E-state index is 14.2. The number of amides is 1. The van der Waals surface area contributed by atoms with Crippen molar-refractivity contribution >= 4 is 66.1 Å². The van der Waals surface area contributed by atoms with Crippen molar-refractivity contribution in [3.8, 4) is 0 Å². The molecule has 0 radical (unpaired) electrons. The van der Waals surface area contributed by atoms with E-state index in [1.165, 1.54) is 40.6 Å². The first-order chi connectivity index (χ1) is 31.6. The first-order valence-corrected chi connectivity index (χ1v) is 26.3. The third kappa shape index (κ3) is 11.6. The molecule has 0 saturated carbocycles. The topological polar surface area (TPSA) is 138 Å². The van der Waals surface area contributed by atoms with Gasteiger partial charge in [-0.2, -0.15) is 13.2 Å². The fourth-order valence-electron chi connectivity index (χ4n) is 8.93. The van der Waals surface area contributed by atoms with Gasteiger partial charge in [0.05, 0.1) is 37.0 Å². The molecule has 19 heteroatoms. The Morgan fingerprint density at radius 1 is 0.833 bits per heavy atom. The monoisotopic (exact) mass is 987 g/mol. The second-order valence-electron chi connectivity index (χ2n) is 17.3. The van der Waals surface area contributed by atoms with Crippen molar-refractivity contribution in [1.82, 2.24) is 14.5 Å². The fourth-order valence-corrected chi connectivity index (χ4v) is 12.1. The van der Waals surface area contributed by atoms with Gasteiger partial charge in [-0.25, -0.2) is 21.6 Å². The summed E-state index contributed by atoms with van der Waals surface area (Å²) in [4.78, 5) is 19.0. The molecule has 3 saturated heterocycles. The van der Waals surface area contributed by atoms with E-state index in [0.29, 0.717) is 56.1 Å². The molecule has 4 aliphatic rings. The summed E-state index contributed by atoms with van der Waals surface area (Å²) in [5.74, 6) is -0.658. The molecule has 3 heterocycles. The summed E-state index contributed by atoms with van der Waals surface area (Å²) in [7, 11) is -10.9. The number of anilines is 2. The number of rotatable bonds is 16. The largest absolute Gasteiger partial charge is 0.501 e. The van der Waals surface area contributed by atoms with Gasteiger partial charge in [0.25, 0.3) is 25.8 Å². The van der Waals surface area contributed by atoms with Crippen LogP contribution in [0.15, 0.2) is 117 Å². The molecule has 1 atom stereocenters. The number of allylic oxidation sites excluding steroid dienone is 1. The van der Waals surface area contributed by atoms with Gasteiger partial charge in [0.2, 0.25) is 0 Å². The van der Waals surface area contributed by atoms with E-state index in [1.54, 1.807) is 12.1 Å². The number of carbonyl (C=O) groups excluding carboxylic acids is 1. The van der Waals surface area contributed by atoms with Crippen molar-refractivity contribution < 1.29 is 44.3 Å². The lowest BCUT2D eigenvalue weighted by Gasteiger charge is -2.47. The third-order valence-electron chi connectivity index (χ3n) is 12.7. The number of alkyl halides is 3. The van der Waals surface area contributed by atoms with Gasteiger partial charge in [-0.1, -0.05) is 47.5 Å². The average Bonchev–Trinajstić information content (AvgIpc) is 3.30. The predicted molar refractivity (Wildman–Crippen MR) is 251 cm³/mol. The van der Waals surface area contributed by atoms with Gasteiger partial charge in [-0.3, -0.25) is 14.6 Å². The Labute approximate surface area is 393 Å². The summed E-state index contributed by atoms with van der Waals surface area (Å²) in [5, 5.41) is 3.70. The fraction of sp³-hybridized carbons (Fsp3) is 0.426. The van der Waals surface area contributed by atoms with Crippen LogP contribution in [0.2, 0.25) is 5.02 Å². The van der Waals surface area contributed by atoms with Gasteiger partial charge >= 0.3 is 5.51 Å². The number of morpholine rings is 1. The first kappa shape index (κ1) is 48.3. The van der Waals surface area contributed by atoms with E-state index in [9.17, 15) is 34.8 Å². The number of ether oxygens (including phenoxy) is 2. The second kappa shape index (κ2) is 20.6. The molecular weight excluding hydrogens is 935 g/mol. The third-order valence-corrected chi connectivity index (χ3v) is 17.0. The summed E-state index contributed by atoms with van der Waals surface area (Å²) in [6, 6.07) is 25.8.